The number of ether oxygens (including phenoxy) is 1. The number of esters is 1. The van der Waals surface area contributed by atoms with E-state index in [4.69, 9.17) is 16.3 Å². The van der Waals surface area contributed by atoms with Gasteiger partial charge in [-0.15, -0.1) is 0 Å². The van der Waals surface area contributed by atoms with Gasteiger partial charge in [0, 0.05) is 29.4 Å². The molecule has 5 heteroatoms. The minimum Gasteiger partial charge on any atom is -0.465 e. The van der Waals surface area contributed by atoms with E-state index in [-0.39, 0.29) is 5.97 Å². The first-order chi connectivity index (χ1) is 11.1. The summed E-state index contributed by atoms with van der Waals surface area (Å²) in [6.45, 7) is 2.83. The highest BCUT2D eigenvalue weighted by atomic mass is 35.5. The maximum Gasteiger partial charge on any atom is 0.338 e. The summed E-state index contributed by atoms with van der Waals surface area (Å²) in [5.74, 6) is -0.307. The summed E-state index contributed by atoms with van der Waals surface area (Å²) in [6, 6.07) is 7.96. The van der Waals surface area contributed by atoms with E-state index in [0.717, 1.165) is 40.7 Å². The lowest BCUT2D eigenvalue weighted by Gasteiger charge is -2.23. The van der Waals surface area contributed by atoms with Crippen molar-refractivity contribution in [3.05, 3.63) is 52.3 Å². The zero-order chi connectivity index (χ0) is 16.1. The average Bonchev–Trinajstić information content (AvgIpc) is 2.94. The van der Waals surface area contributed by atoms with Gasteiger partial charge in [0.25, 0.3) is 0 Å². The molecule has 0 saturated heterocycles. The van der Waals surface area contributed by atoms with E-state index >= 15 is 0 Å². The third-order valence-corrected chi connectivity index (χ3v) is 4.86. The molecular weight excluding hydrogens is 312 g/mol. The van der Waals surface area contributed by atoms with Gasteiger partial charge < -0.3 is 9.30 Å². The predicted octanol–water partition coefficient (Wildman–Crippen LogP) is 4.01. The molecule has 0 N–H and O–H groups in total. The largest absolute Gasteiger partial charge is 0.465 e. The van der Waals surface area contributed by atoms with Crippen LogP contribution in [0.1, 0.15) is 21.5 Å². The number of hydrogen-bond acceptors (Lipinski definition) is 3. The van der Waals surface area contributed by atoms with Crippen LogP contribution < -0.4 is 0 Å². The molecule has 1 aliphatic heterocycles. The lowest BCUT2D eigenvalue weighted by atomic mass is 9.91. The number of aromatic nitrogens is 2. The van der Waals surface area contributed by atoms with Gasteiger partial charge in [0.1, 0.15) is 0 Å². The van der Waals surface area contributed by atoms with Crippen molar-refractivity contribution >= 4 is 28.5 Å². The van der Waals surface area contributed by atoms with Crippen molar-refractivity contribution in [3.63, 3.8) is 0 Å². The van der Waals surface area contributed by atoms with Crippen molar-refractivity contribution in [3.8, 4) is 11.3 Å². The lowest BCUT2D eigenvalue weighted by molar-refractivity contribution is 0.0600. The van der Waals surface area contributed by atoms with Gasteiger partial charge in [-0.05, 0) is 42.7 Å². The quantitative estimate of drug-likeness (QED) is 0.501. The van der Waals surface area contributed by atoms with Crippen LogP contribution >= 0.6 is 11.6 Å². The van der Waals surface area contributed by atoms with Crippen LogP contribution in [0.25, 0.3) is 22.2 Å². The summed E-state index contributed by atoms with van der Waals surface area (Å²) in [5, 5.41) is 1.58. The molecule has 1 aromatic carbocycles. The van der Waals surface area contributed by atoms with Crippen molar-refractivity contribution in [1.82, 2.24) is 9.55 Å². The standard InChI is InChI=1S/C18H15ClN2O2/c1-10-13(18(22)23-2)4-3-11-6-8-21-14(15(10)11)9-12-5-7-20-17(19)16(12)21/h3-5,7,9H,6,8H2,1-2H3. The third kappa shape index (κ3) is 1.98. The van der Waals surface area contributed by atoms with E-state index < -0.39 is 0 Å². The molecule has 0 atom stereocenters. The van der Waals surface area contributed by atoms with Crippen LogP contribution in [0.5, 0.6) is 0 Å². The average molecular weight is 327 g/mol. The van der Waals surface area contributed by atoms with Gasteiger partial charge in [0.2, 0.25) is 0 Å². The summed E-state index contributed by atoms with van der Waals surface area (Å²) < 4.78 is 7.09. The monoisotopic (exact) mass is 326 g/mol. The second-order valence-corrected chi connectivity index (χ2v) is 6.09. The second kappa shape index (κ2) is 5.10. The maximum absolute atomic E-state index is 12.0. The Morgan fingerprint density at radius 3 is 2.96 bits per heavy atom. The van der Waals surface area contributed by atoms with Crippen LogP contribution in [0, 0.1) is 6.92 Å². The highest BCUT2D eigenvalue weighted by Crippen LogP contribution is 2.39. The fraction of sp³-hybridized carbons (Fsp3) is 0.222. The first-order valence-corrected chi connectivity index (χ1v) is 7.84. The first-order valence-electron chi connectivity index (χ1n) is 7.46. The number of hydrogen-bond donors (Lipinski definition) is 0. The number of rotatable bonds is 1. The highest BCUT2D eigenvalue weighted by Gasteiger charge is 2.24. The Kier molecular flexibility index (Phi) is 3.16. The molecule has 0 bridgehead atoms. The van der Waals surface area contributed by atoms with Crippen LogP contribution in [-0.2, 0) is 17.7 Å². The molecule has 0 unspecified atom stereocenters. The molecule has 0 spiro atoms. The van der Waals surface area contributed by atoms with Crippen molar-refractivity contribution in [2.75, 3.05) is 7.11 Å². The number of aryl methyl sites for hydroxylation is 2. The van der Waals surface area contributed by atoms with Crippen LogP contribution in [0.3, 0.4) is 0 Å². The van der Waals surface area contributed by atoms with Gasteiger partial charge in [0.15, 0.2) is 5.15 Å². The van der Waals surface area contributed by atoms with E-state index in [1.54, 1.807) is 6.20 Å². The molecule has 23 heavy (non-hydrogen) atoms. The van der Waals surface area contributed by atoms with Gasteiger partial charge in [-0.3, -0.25) is 0 Å². The van der Waals surface area contributed by atoms with Crippen LogP contribution in [-0.4, -0.2) is 22.6 Å². The molecule has 0 radical (unpaired) electrons. The first kappa shape index (κ1) is 14.3. The van der Waals surface area contributed by atoms with Gasteiger partial charge in [0.05, 0.1) is 18.2 Å². The molecule has 0 amide bonds. The maximum atomic E-state index is 12.0. The number of nitrogens with zero attached hydrogens (tertiary/aromatic N) is 2. The van der Waals surface area contributed by atoms with Crippen molar-refractivity contribution in [1.29, 1.82) is 0 Å². The third-order valence-electron chi connectivity index (χ3n) is 4.58. The van der Waals surface area contributed by atoms with E-state index in [1.807, 2.05) is 25.1 Å². The number of pyridine rings is 1. The van der Waals surface area contributed by atoms with Gasteiger partial charge in [-0.1, -0.05) is 17.7 Å². The van der Waals surface area contributed by atoms with Gasteiger partial charge in [-0.25, -0.2) is 9.78 Å². The van der Waals surface area contributed by atoms with Crippen LogP contribution in [0.2, 0.25) is 5.15 Å². The molecule has 3 aromatic rings. The predicted molar refractivity (Wildman–Crippen MR) is 90.0 cm³/mol. The molecule has 1 aliphatic rings. The van der Waals surface area contributed by atoms with E-state index in [9.17, 15) is 4.79 Å². The summed E-state index contributed by atoms with van der Waals surface area (Å²) in [6.07, 6.45) is 2.62. The van der Waals surface area contributed by atoms with Crippen LogP contribution in [0.15, 0.2) is 30.5 Å². The molecule has 0 fully saturated rings. The molecule has 2 aromatic heterocycles. The van der Waals surface area contributed by atoms with Gasteiger partial charge >= 0.3 is 5.97 Å². The van der Waals surface area contributed by atoms with E-state index in [1.165, 1.54) is 12.7 Å². The topological polar surface area (TPSA) is 44.1 Å². The number of methoxy groups -OCH3 is 1. The molecule has 0 saturated carbocycles. The van der Waals surface area contributed by atoms with Crippen LogP contribution in [0.4, 0.5) is 0 Å². The van der Waals surface area contributed by atoms with Crippen molar-refractivity contribution < 1.29 is 9.53 Å². The number of carbonyl (C=O) groups excluding carboxylic acids is 1. The van der Waals surface area contributed by atoms with Crippen molar-refractivity contribution in [2.45, 2.75) is 19.9 Å². The van der Waals surface area contributed by atoms with E-state index in [0.29, 0.717) is 10.7 Å². The Morgan fingerprint density at radius 2 is 2.17 bits per heavy atom. The number of benzene rings is 1. The molecular formula is C18H15ClN2O2. The summed E-state index contributed by atoms with van der Waals surface area (Å²) in [5.41, 5.74) is 5.94. The lowest BCUT2D eigenvalue weighted by Crippen LogP contribution is -2.14. The smallest absolute Gasteiger partial charge is 0.338 e. The van der Waals surface area contributed by atoms with Gasteiger partial charge in [-0.2, -0.15) is 0 Å². The molecule has 0 aliphatic carbocycles. The minimum absolute atomic E-state index is 0.307. The molecule has 4 nitrogen and oxygen atoms in total. The van der Waals surface area contributed by atoms with Crippen molar-refractivity contribution in [2.24, 2.45) is 0 Å². The summed E-state index contributed by atoms with van der Waals surface area (Å²) in [7, 11) is 1.41. The normalized spacial score (nSPS) is 12.8. The SMILES string of the molecule is COC(=O)c1ccc2c(c1C)-c1cc3ccnc(Cl)c3n1CC2. The Balaban J connectivity index is 2.04. The zero-order valence-electron chi connectivity index (χ0n) is 12.9. The minimum atomic E-state index is -0.307. The molecule has 4 rings (SSSR count). The second-order valence-electron chi connectivity index (χ2n) is 5.73. The fourth-order valence-corrected chi connectivity index (χ4v) is 3.77. The number of fused-ring (bicyclic) bond motifs is 5. The Bertz CT molecular complexity index is 959. The summed E-state index contributed by atoms with van der Waals surface area (Å²) in [4.78, 5) is 16.2. The summed E-state index contributed by atoms with van der Waals surface area (Å²) >= 11 is 6.30. The molecule has 116 valence electrons. The fourth-order valence-electron chi connectivity index (χ4n) is 3.51. The number of carbonyl (C=O) groups is 1. The zero-order valence-corrected chi connectivity index (χ0v) is 13.6. The Labute approximate surface area is 138 Å². The van der Waals surface area contributed by atoms with E-state index in [2.05, 4.69) is 15.6 Å². The molecule has 3 heterocycles. The highest BCUT2D eigenvalue weighted by molar-refractivity contribution is 6.34. The Hall–Kier alpha value is -2.33. The number of halogens is 1. The Morgan fingerprint density at radius 1 is 1.35 bits per heavy atom.